The van der Waals surface area contributed by atoms with E-state index in [0.29, 0.717) is 13.2 Å². The minimum absolute atomic E-state index is 0.0315. The van der Waals surface area contributed by atoms with Gasteiger partial charge in [-0.3, -0.25) is 4.99 Å². The molecule has 2 aliphatic heterocycles. The molecule has 0 spiro atoms. The molecule has 90 valence electrons. The highest BCUT2D eigenvalue weighted by atomic mass is 16.6. The van der Waals surface area contributed by atoms with Gasteiger partial charge in [0.25, 0.3) is 0 Å². The van der Waals surface area contributed by atoms with Crippen molar-refractivity contribution in [1.82, 2.24) is 5.32 Å². The fraction of sp³-hybridized carbons (Fsp3) is 0.462. The molecule has 0 amide bonds. The third-order valence-corrected chi connectivity index (χ3v) is 3.15. The molecule has 4 heteroatoms. The SMILES string of the molecule is C[C@]1(Cc2ccc3c(c2)OCCO3)CN=CN1. The third kappa shape index (κ3) is 2.07. The van der Waals surface area contributed by atoms with Crippen LogP contribution in [0.3, 0.4) is 0 Å². The smallest absolute Gasteiger partial charge is 0.161 e. The summed E-state index contributed by atoms with van der Waals surface area (Å²) in [5.74, 6) is 1.71. The van der Waals surface area contributed by atoms with E-state index in [0.717, 1.165) is 24.5 Å². The summed E-state index contributed by atoms with van der Waals surface area (Å²) in [5.41, 5.74) is 1.28. The van der Waals surface area contributed by atoms with Crippen molar-refractivity contribution < 1.29 is 9.47 Å². The summed E-state index contributed by atoms with van der Waals surface area (Å²) in [7, 11) is 0. The van der Waals surface area contributed by atoms with Gasteiger partial charge in [-0.1, -0.05) is 6.07 Å². The van der Waals surface area contributed by atoms with Crippen LogP contribution in [0, 0.1) is 0 Å². The summed E-state index contributed by atoms with van der Waals surface area (Å²) in [4.78, 5) is 4.23. The summed E-state index contributed by atoms with van der Waals surface area (Å²) in [6.45, 7) is 4.27. The van der Waals surface area contributed by atoms with Crippen LogP contribution in [0.4, 0.5) is 0 Å². The molecule has 0 fully saturated rings. The Morgan fingerprint density at radius 1 is 1.29 bits per heavy atom. The van der Waals surface area contributed by atoms with Crippen molar-refractivity contribution in [3.05, 3.63) is 23.8 Å². The largest absolute Gasteiger partial charge is 0.486 e. The van der Waals surface area contributed by atoms with E-state index in [2.05, 4.69) is 29.4 Å². The summed E-state index contributed by atoms with van der Waals surface area (Å²) in [6, 6.07) is 6.15. The van der Waals surface area contributed by atoms with Crippen molar-refractivity contribution in [3.63, 3.8) is 0 Å². The first-order valence-corrected chi connectivity index (χ1v) is 5.90. The lowest BCUT2D eigenvalue weighted by Gasteiger charge is -2.25. The van der Waals surface area contributed by atoms with Crippen LogP contribution in [0.2, 0.25) is 0 Å². The second-order valence-corrected chi connectivity index (χ2v) is 4.83. The molecular weight excluding hydrogens is 216 g/mol. The van der Waals surface area contributed by atoms with E-state index in [4.69, 9.17) is 9.47 Å². The lowest BCUT2D eigenvalue weighted by atomic mass is 9.93. The van der Waals surface area contributed by atoms with Crippen molar-refractivity contribution in [2.45, 2.75) is 18.9 Å². The zero-order chi connectivity index (χ0) is 11.7. The number of hydrogen-bond acceptors (Lipinski definition) is 4. The van der Waals surface area contributed by atoms with Crippen molar-refractivity contribution in [1.29, 1.82) is 0 Å². The molecule has 0 aromatic heterocycles. The van der Waals surface area contributed by atoms with Crippen molar-refractivity contribution in [2.24, 2.45) is 4.99 Å². The van der Waals surface area contributed by atoms with Crippen LogP contribution in [0.15, 0.2) is 23.2 Å². The predicted molar refractivity (Wildman–Crippen MR) is 66.0 cm³/mol. The molecule has 4 nitrogen and oxygen atoms in total. The topological polar surface area (TPSA) is 42.9 Å². The zero-order valence-corrected chi connectivity index (χ0v) is 9.90. The van der Waals surface area contributed by atoms with E-state index in [-0.39, 0.29) is 5.54 Å². The average molecular weight is 232 g/mol. The number of benzene rings is 1. The molecule has 2 heterocycles. The molecular formula is C13H16N2O2. The first-order valence-electron chi connectivity index (χ1n) is 5.90. The second kappa shape index (κ2) is 3.95. The van der Waals surface area contributed by atoms with Gasteiger partial charge in [0.2, 0.25) is 0 Å². The normalized spacial score (nSPS) is 25.7. The second-order valence-electron chi connectivity index (χ2n) is 4.83. The summed E-state index contributed by atoms with van der Waals surface area (Å²) in [6.07, 6.45) is 2.72. The number of nitrogens with zero attached hydrogens (tertiary/aromatic N) is 1. The quantitative estimate of drug-likeness (QED) is 0.838. The molecule has 0 saturated heterocycles. The van der Waals surface area contributed by atoms with Crippen LogP contribution in [0.25, 0.3) is 0 Å². The zero-order valence-electron chi connectivity index (χ0n) is 9.90. The summed E-state index contributed by atoms with van der Waals surface area (Å²) < 4.78 is 11.1. The Kier molecular flexibility index (Phi) is 2.42. The van der Waals surface area contributed by atoms with Crippen LogP contribution >= 0.6 is 0 Å². The van der Waals surface area contributed by atoms with Gasteiger partial charge in [-0.25, -0.2) is 0 Å². The van der Waals surface area contributed by atoms with E-state index >= 15 is 0 Å². The van der Waals surface area contributed by atoms with Crippen LogP contribution in [0.1, 0.15) is 12.5 Å². The number of hydrogen-bond donors (Lipinski definition) is 1. The fourth-order valence-electron chi connectivity index (χ4n) is 2.25. The Bertz CT molecular complexity index is 449. The Labute approximate surface area is 101 Å². The van der Waals surface area contributed by atoms with Crippen LogP contribution in [-0.2, 0) is 6.42 Å². The Hall–Kier alpha value is -1.71. The number of fused-ring (bicyclic) bond motifs is 1. The number of rotatable bonds is 2. The predicted octanol–water partition coefficient (Wildman–Crippen LogP) is 1.39. The van der Waals surface area contributed by atoms with Gasteiger partial charge in [0, 0.05) is 0 Å². The molecule has 17 heavy (non-hydrogen) atoms. The minimum atomic E-state index is 0.0315. The molecule has 1 aromatic carbocycles. The highest BCUT2D eigenvalue weighted by Crippen LogP contribution is 2.32. The molecule has 2 aliphatic rings. The van der Waals surface area contributed by atoms with E-state index in [1.165, 1.54) is 5.56 Å². The highest BCUT2D eigenvalue weighted by Gasteiger charge is 2.26. The van der Waals surface area contributed by atoms with E-state index < -0.39 is 0 Å². The van der Waals surface area contributed by atoms with Gasteiger partial charge in [-0.2, -0.15) is 0 Å². The van der Waals surface area contributed by atoms with Crippen LogP contribution < -0.4 is 14.8 Å². The average Bonchev–Trinajstić information content (AvgIpc) is 2.76. The summed E-state index contributed by atoms with van der Waals surface area (Å²) in [5, 5.41) is 3.30. The maximum atomic E-state index is 5.58. The Morgan fingerprint density at radius 3 is 2.88 bits per heavy atom. The van der Waals surface area contributed by atoms with Gasteiger partial charge in [0.15, 0.2) is 11.5 Å². The number of nitrogens with one attached hydrogen (secondary N) is 1. The Balaban J connectivity index is 1.79. The third-order valence-electron chi connectivity index (χ3n) is 3.15. The van der Waals surface area contributed by atoms with Gasteiger partial charge in [0.05, 0.1) is 18.4 Å². The number of aliphatic imine (C=N–C) groups is 1. The minimum Gasteiger partial charge on any atom is -0.486 e. The fourth-order valence-corrected chi connectivity index (χ4v) is 2.25. The molecule has 0 bridgehead atoms. The van der Waals surface area contributed by atoms with E-state index in [9.17, 15) is 0 Å². The van der Waals surface area contributed by atoms with E-state index in [1.807, 2.05) is 6.07 Å². The van der Waals surface area contributed by atoms with Crippen molar-refractivity contribution >= 4 is 6.34 Å². The Morgan fingerprint density at radius 2 is 2.12 bits per heavy atom. The highest BCUT2D eigenvalue weighted by molar-refractivity contribution is 5.59. The molecule has 1 atom stereocenters. The van der Waals surface area contributed by atoms with Gasteiger partial charge in [0.1, 0.15) is 13.2 Å². The van der Waals surface area contributed by atoms with E-state index in [1.54, 1.807) is 6.34 Å². The van der Waals surface area contributed by atoms with Gasteiger partial charge >= 0.3 is 0 Å². The molecule has 0 aliphatic carbocycles. The molecule has 1 N–H and O–H groups in total. The van der Waals surface area contributed by atoms with Crippen molar-refractivity contribution in [3.8, 4) is 11.5 Å². The molecule has 0 saturated carbocycles. The lowest BCUT2D eigenvalue weighted by Crippen LogP contribution is -2.41. The first kappa shape index (κ1) is 10.4. The summed E-state index contributed by atoms with van der Waals surface area (Å²) >= 11 is 0. The van der Waals surface area contributed by atoms with Gasteiger partial charge < -0.3 is 14.8 Å². The molecule has 1 aromatic rings. The monoisotopic (exact) mass is 232 g/mol. The van der Waals surface area contributed by atoms with Crippen LogP contribution in [0.5, 0.6) is 11.5 Å². The maximum Gasteiger partial charge on any atom is 0.161 e. The number of ether oxygens (including phenoxy) is 2. The van der Waals surface area contributed by atoms with Crippen molar-refractivity contribution in [2.75, 3.05) is 19.8 Å². The van der Waals surface area contributed by atoms with Gasteiger partial charge in [-0.15, -0.1) is 0 Å². The molecule has 3 rings (SSSR count). The molecule has 0 radical (unpaired) electrons. The first-order chi connectivity index (χ1) is 8.25. The molecule has 0 unspecified atom stereocenters. The van der Waals surface area contributed by atoms with Gasteiger partial charge in [-0.05, 0) is 31.0 Å². The van der Waals surface area contributed by atoms with Crippen LogP contribution in [-0.4, -0.2) is 31.6 Å². The lowest BCUT2D eigenvalue weighted by molar-refractivity contribution is 0.171. The standard InChI is InChI=1S/C13H16N2O2/c1-13(8-14-9-15-13)7-10-2-3-11-12(6-10)17-5-4-16-11/h2-3,6,9H,4-5,7-8H2,1H3,(H,14,15)/t13-/m0/s1. The maximum absolute atomic E-state index is 5.58.